The first kappa shape index (κ1) is 11.6. The van der Waals surface area contributed by atoms with Crippen LogP contribution in [0, 0.1) is 0 Å². The van der Waals surface area contributed by atoms with Gasteiger partial charge in [0.15, 0.2) is 0 Å². The maximum absolute atomic E-state index is 6.25. The fourth-order valence-corrected chi connectivity index (χ4v) is 2.19. The molecule has 0 unspecified atom stereocenters. The van der Waals surface area contributed by atoms with E-state index < -0.39 is 0 Å². The third kappa shape index (κ3) is 2.44. The fraction of sp³-hybridized carbons (Fsp3) is 0.286. The van der Waals surface area contributed by atoms with Crippen molar-refractivity contribution in [2.24, 2.45) is 11.5 Å². The number of nitrogens with one attached hydrogen (secondary N) is 1. The van der Waals surface area contributed by atoms with Gasteiger partial charge in [-0.25, -0.2) is 0 Å². The quantitative estimate of drug-likeness (QED) is 0.723. The highest BCUT2D eigenvalue weighted by Gasteiger charge is 2.13. The number of allylic oxidation sites excluding steroid dienone is 2. The molecule has 0 spiro atoms. The van der Waals surface area contributed by atoms with Crippen molar-refractivity contribution < 1.29 is 0 Å². The molecule has 5 N–H and O–H groups in total. The molecule has 0 saturated carbocycles. The van der Waals surface area contributed by atoms with E-state index in [0.29, 0.717) is 5.82 Å². The first-order chi connectivity index (χ1) is 8.22. The maximum atomic E-state index is 6.25. The van der Waals surface area contributed by atoms with E-state index in [9.17, 15) is 0 Å². The predicted octanol–water partition coefficient (Wildman–Crippen LogP) is 1.71. The highest BCUT2D eigenvalue weighted by molar-refractivity contribution is 5.71. The number of benzene rings is 1. The smallest absolute Gasteiger partial charge is 0.0960 e. The number of rotatable bonds is 2. The largest absolute Gasteiger partial charge is 0.398 e. The van der Waals surface area contributed by atoms with Gasteiger partial charge in [0.1, 0.15) is 0 Å². The molecule has 1 aromatic rings. The Kier molecular flexibility index (Phi) is 3.38. The van der Waals surface area contributed by atoms with Crippen LogP contribution in [0.5, 0.6) is 0 Å². The summed E-state index contributed by atoms with van der Waals surface area (Å²) in [5, 5.41) is 2.93. The number of hydrogen-bond donors (Lipinski definition) is 3. The molecule has 2 rings (SSSR count). The van der Waals surface area contributed by atoms with Crippen LogP contribution in [0.1, 0.15) is 24.0 Å². The van der Waals surface area contributed by atoms with E-state index in [0.717, 1.165) is 36.1 Å². The van der Waals surface area contributed by atoms with Crippen LogP contribution in [-0.2, 0) is 6.42 Å². The van der Waals surface area contributed by atoms with Crippen molar-refractivity contribution in [1.82, 2.24) is 5.32 Å². The fourth-order valence-electron chi connectivity index (χ4n) is 2.19. The zero-order valence-corrected chi connectivity index (χ0v) is 10.2. The molecule has 1 aliphatic rings. The van der Waals surface area contributed by atoms with Gasteiger partial charge in [-0.3, -0.25) is 0 Å². The van der Waals surface area contributed by atoms with Crippen LogP contribution < -0.4 is 16.8 Å². The van der Waals surface area contributed by atoms with Gasteiger partial charge in [-0.1, -0.05) is 24.3 Å². The van der Waals surface area contributed by atoms with Crippen molar-refractivity contribution in [2.45, 2.75) is 19.3 Å². The average Bonchev–Trinajstić information content (AvgIpc) is 2.51. The van der Waals surface area contributed by atoms with Crippen molar-refractivity contribution in [1.29, 1.82) is 0 Å². The van der Waals surface area contributed by atoms with E-state index in [4.69, 9.17) is 11.5 Å². The Hall–Kier alpha value is -1.90. The molecule has 1 aliphatic carbocycles. The van der Waals surface area contributed by atoms with E-state index in [1.54, 1.807) is 0 Å². The molecule has 0 aliphatic heterocycles. The van der Waals surface area contributed by atoms with E-state index in [2.05, 4.69) is 23.5 Å². The van der Waals surface area contributed by atoms with E-state index in [-0.39, 0.29) is 0 Å². The third-order valence-corrected chi connectivity index (χ3v) is 3.16. The van der Waals surface area contributed by atoms with Crippen LogP contribution in [-0.4, -0.2) is 7.05 Å². The Morgan fingerprint density at radius 1 is 1.29 bits per heavy atom. The lowest BCUT2D eigenvalue weighted by atomic mass is 10.0. The van der Waals surface area contributed by atoms with Crippen molar-refractivity contribution in [2.75, 3.05) is 7.05 Å². The molecule has 3 nitrogen and oxygen atoms in total. The van der Waals surface area contributed by atoms with Gasteiger partial charge >= 0.3 is 0 Å². The summed E-state index contributed by atoms with van der Waals surface area (Å²) in [5.41, 5.74) is 16.5. The molecule has 0 saturated heterocycles. The van der Waals surface area contributed by atoms with Gasteiger partial charge in [0.2, 0.25) is 0 Å². The molecule has 1 aromatic carbocycles. The lowest BCUT2D eigenvalue weighted by molar-refractivity contribution is 0.829. The first-order valence-electron chi connectivity index (χ1n) is 5.94. The average molecular weight is 229 g/mol. The molecule has 90 valence electrons. The van der Waals surface area contributed by atoms with Crippen molar-refractivity contribution in [3.05, 3.63) is 52.9 Å². The number of aryl methyl sites for hydroxylation is 1. The molecule has 0 radical (unpaired) electrons. The predicted molar refractivity (Wildman–Crippen MR) is 71.8 cm³/mol. The van der Waals surface area contributed by atoms with Gasteiger partial charge in [0, 0.05) is 18.3 Å². The SMILES string of the molecule is CN/C(N)=C/C1=C(N)c2ccccc2CCC1. The molecule has 0 bridgehead atoms. The second-order valence-corrected chi connectivity index (χ2v) is 4.30. The minimum absolute atomic E-state index is 0.655. The maximum Gasteiger partial charge on any atom is 0.0960 e. The lowest BCUT2D eigenvalue weighted by Gasteiger charge is -2.08. The summed E-state index contributed by atoms with van der Waals surface area (Å²) < 4.78 is 0. The standard InChI is InChI=1S/C14H19N3/c1-17-13(15)9-11-7-4-6-10-5-2-3-8-12(10)14(11)16/h2-3,5,8-9,17H,4,6-7,15-16H2,1H3/b13-9+. The molecule has 0 fully saturated rings. The van der Waals surface area contributed by atoms with Crippen LogP contribution in [0.2, 0.25) is 0 Å². The Morgan fingerprint density at radius 2 is 2.06 bits per heavy atom. The Bertz CT molecular complexity index is 472. The summed E-state index contributed by atoms with van der Waals surface area (Å²) in [6.45, 7) is 0. The highest BCUT2D eigenvalue weighted by Crippen LogP contribution is 2.27. The summed E-state index contributed by atoms with van der Waals surface area (Å²) in [4.78, 5) is 0. The van der Waals surface area contributed by atoms with Crippen LogP contribution in [0.3, 0.4) is 0 Å². The second kappa shape index (κ2) is 4.95. The van der Waals surface area contributed by atoms with E-state index >= 15 is 0 Å². The topological polar surface area (TPSA) is 64.1 Å². The van der Waals surface area contributed by atoms with Gasteiger partial charge in [-0.15, -0.1) is 0 Å². The molecule has 0 heterocycles. The lowest BCUT2D eigenvalue weighted by Crippen LogP contribution is -2.15. The number of nitrogens with two attached hydrogens (primary N) is 2. The van der Waals surface area contributed by atoms with Crippen molar-refractivity contribution >= 4 is 5.70 Å². The van der Waals surface area contributed by atoms with Crippen molar-refractivity contribution in [3.63, 3.8) is 0 Å². The second-order valence-electron chi connectivity index (χ2n) is 4.30. The normalized spacial score (nSPS) is 16.4. The van der Waals surface area contributed by atoms with E-state index in [1.165, 1.54) is 5.56 Å². The summed E-state index contributed by atoms with van der Waals surface area (Å²) in [5.74, 6) is 0.655. The van der Waals surface area contributed by atoms with Gasteiger partial charge in [0.05, 0.1) is 5.82 Å². The molecule has 0 amide bonds. The summed E-state index contributed by atoms with van der Waals surface area (Å²) in [6.07, 6.45) is 5.11. The Labute approximate surface area is 102 Å². The number of fused-ring (bicyclic) bond motifs is 1. The van der Waals surface area contributed by atoms with Crippen LogP contribution in [0.15, 0.2) is 41.7 Å². The van der Waals surface area contributed by atoms with Gasteiger partial charge in [-0.2, -0.15) is 0 Å². The monoisotopic (exact) mass is 229 g/mol. The molecular weight excluding hydrogens is 210 g/mol. The van der Waals surface area contributed by atoms with Gasteiger partial charge in [0.25, 0.3) is 0 Å². The zero-order chi connectivity index (χ0) is 12.3. The molecule has 0 aromatic heterocycles. The summed E-state index contributed by atoms with van der Waals surface area (Å²) in [7, 11) is 1.81. The van der Waals surface area contributed by atoms with Crippen molar-refractivity contribution in [3.8, 4) is 0 Å². The molecule has 3 heteroatoms. The molecule has 17 heavy (non-hydrogen) atoms. The van der Waals surface area contributed by atoms with Gasteiger partial charge in [-0.05, 0) is 36.5 Å². The molecule has 0 atom stereocenters. The molecular formula is C14H19N3. The highest BCUT2D eigenvalue weighted by atomic mass is 14.9. The number of hydrogen-bond acceptors (Lipinski definition) is 3. The third-order valence-electron chi connectivity index (χ3n) is 3.16. The first-order valence-corrected chi connectivity index (χ1v) is 5.94. The minimum atomic E-state index is 0.655. The Balaban J connectivity index is 2.46. The van der Waals surface area contributed by atoms with Crippen LogP contribution in [0.25, 0.3) is 5.70 Å². The summed E-state index contributed by atoms with van der Waals surface area (Å²) in [6, 6.07) is 8.32. The van der Waals surface area contributed by atoms with Crippen LogP contribution in [0.4, 0.5) is 0 Å². The van der Waals surface area contributed by atoms with Gasteiger partial charge < -0.3 is 16.8 Å². The van der Waals surface area contributed by atoms with E-state index in [1.807, 2.05) is 19.2 Å². The Morgan fingerprint density at radius 3 is 2.82 bits per heavy atom. The summed E-state index contributed by atoms with van der Waals surface area (Å²) >= 11 is 0. The minimum Gasteiger partial charge on any atom is -0.398 e. The van der Waals surface area contributed by atoms with Crippen LogP contribution >= 0.6 is 0 Å². The zero-order valence-electron chi connectivity index (χ0n) is 10.2.